The van der Waals surface area contributed by atoms with Crippen LogP contribution < -0.4 is 29.9 Å². The first-order valence-corrected chi connectivity index (χ1v) is 17.9. The molecule has 2 atom stereocenters. The summed E-state index contributed by atoms with van der Waals surface area (Å²) in [4.78, 5) is 17.4. The van der Waals surface area contributed by atoms with Gasteiger partial charge in [-0.05, 0) is 75.1 Å². The summed E-state index contributed by atoms with van der Waals surface area (Å²) in [5.74, 6) is 1.39. The van der Waals surface area contributed by atoms with Gasteiger partial charge in [0.1, 0.15) is 0 Å². The zero-order valence-corrected chi connectivity index (χ0v) is 30.2. The Labute approximate surface area is 283 Å². The van der Waals surface area contributed by atoms with Gasteiger partial charge in [-0.15, -0.1) is 22.7 Å². The van der Waals surface area contributed by atoms with Crippen LogP contribution in [0.5, 0.6) is 11.8 Å². The van der Waals surface area contributed by atoms with Crippen molar-refractivity contribution in [3.05, 3.63) is 80.4 Å². The summed E-state index contributed by atoms with van der Waals surface area (Å²) in [6.45, 7) is 13.0. The van der Waals surface area contributed by atoms with E-state index in [2.05, 4.69) is 95.3 Å². The lowest BCUT2D eigenvalue weighted by molar-refractivity contribution is 0.392. The molecule has 4 aromatic heterocycles. The summed E-state index contributed by atoms with van der Waals surface area (Å²) in [5.41, 5.74) is 4.82. The number of rotatable bonds is 12. The van der Waals surface area contributed by atoms with Crippen molar-refractivity contribution in [2.45, 2.75) is 63.5 Å². The summed E-state index contributed by atoms with van der Waals surface area (Å²) >= 11 is 3.67. The monoisotopic (exact) mass is 662 g/mol. The summed E-state index contributed by atoms with van der Waals surface area (Å²) in [6.07, 6.45) is 2.16. The van der Waals surface area contributed by atoms with Gasteiger partial charge in [-0.25, -0.2) is 9.97 Å². The predicted octanol–water partition coefficient (Wildman–Crippen LogP) is 7.20. The Bertz CT molecular complexity index is 1420. The average Bonchev–Trinajstić information content (AvgIpc) is 3.86. The van der Waals surface area contributed by atoms with Crippen LogP contribution in [0.4, 0.5) is 11.4 Å². The van der Waals surface area contributed by atoms with Gasteiger partial charge in [-0.2, -0.15) is 0 Å². The molecule has 6 heterocycles. The van der Waals surface area contributed by atoms with Gasteiger partial charge in [0.2, 0.25) is 11.8 Å². The van der Waals surface area contributed by atoms with E-state index in [1.807, 2.05) is 48.9 Å². The molecule has 2 aliphatic heterocycles. The van der Waals surface area contributed by atoms with Gasteiger partial charge in [0.25, 0.3) is 0 Å². The fourth-order valence-corrected chi connectivity index (χ4v) is 8.46. The maximum atomic E-state index is 5.33. The molecule has 46 heavy (non-hydrogen) atoms. The van der Waals surface area contributed by atoms with Crippen LogP contribution in [0.3, 0.4) is 0 Å². The van der Waals surface area contributed by atoms with Crippen molar-refractivity contribution < 1.29 is 9.47 Å². The summed E-state index contributed by atoms with van der Waals surface area (Å²) < 4.78 is 10.7. The first-order valence-electron chi connectivity index (χ1n) is 16.1. The third-order valence-corrected chi connectivity index (χ3v) is 10.9. The van der Waals surface area contributed by atoms with E-state index < -0.39 is 0 Å². The van der Waals surface area contributed by atoms with Crippen molar-refractivity contribution in [3.63, 3.8) is 0 Å². The molecule has 0 saturated carbocycles. The molecule has 2 aliphatic rings. The van der Waals surface area contributed by atoms with E-state index in [0.29, 0.717) is 23.8 Å². The third kappa shape index (κ3) is 7.20. The number of ether oxygens (including phenoxy) is 2. The topological polar surface area (TPSA) is 74.8 Å². The van der Waals surface area contributed by atoms with Crippen molar-refractivity contribution in [2.75, 3.05) is 64.3 Å². The Balaban J connectivity index is 0.000000181. The molecule has 0 aliphatic carbocycles. The van der Waals surface area contributed by atoms with E-state index in [1.165, 1.54) is 21.1 Å². The van der Waals surface area contributed by atoms with Crippen LogP contribution in [0.2, 0.25) is 0 Å². The molecule has 6 rings (SSSR count). The zero-order valence-electron chi connectivity index (χ0n) is 28.6. The Morgan fingerprint density at radius 2 is 1.11 bits per heavy atom. The summed E-state index contributed by atoms with van der Waals surface area (Å²) in [7, 11) is 7.38. The number of anilines is 2. The van der Waals surface area contributed by atoms with Crippen LogP contribution in [0.25, 0.3) is 0 Å². The van der Waals surface area contributed by atoms with Crippen LogP contribution in [-0.4, -0.2) is 64.5 Å². The first kappa shape index (κ1) is 34.2. The molecule has 4 aromatic rings. The Hall–Kier alpha value is -3.18. The highest BCUT2D eigenvalue weighted by Gasteiger charge is 2.41. The third-order valence-electron chi connectivity index (χ3n) is 8.98. The first-order chi connectivity index (χ1) is 22.1. The second-order valence-corrected chi connectivity index (χ2v) is 15.3. The highest BCUT2D eigenvalue weighted by atomic mass is 32.1. The number of methoxy groups -OCH3 is 2. The van der Waals surface area contributed by atoms with Crippen LogP contribution in [0.15, 0.2) is 59.3 Å². The zero-order chi connectivity index (χ0) is 32.9. The fourth-order valence-electron chi connectivity index (χ4n) is 6.71. The highest BCUT2D eigenvalue weighted by molar-refractivity contribution is 7.10. The van der Waals surface area contributed by atoms with Crippen molar-refractivity contribution >= 4 is 34.0 Å². The number of nitrogens with zero attached hydrogens (tertiary/aromatic N) is 4. The van der Waals surface area contributed by atoms with Crippen molar-refractivity contribution in [1.82, 2.24) is 20.6 Å². The van der Waals surface area contributed by atoms with Crippen molar-refractivity contribution in [3.8, 4) is 11.8 Å². The smallest absolute Gasteiger partial charge is 0.213 e. The van der Waals surface area contributed by atoms with Gasteiger partial charge in [-0.1, -0.05) is 39.8 Å². The Morgan fingerprint density at radius 1 is 0.696 bits per heavy atom. The lowest BCUT2D eigenvalue weighted by Gasteiger charge is -2.31. The molecular formula is C36H50N6O2S2. The predicted molar refractivity (Wildman–Crippen MR) is 194 cm³/mol. The van der Waals surface area contributed by atoms with E-state index in [0.717, 1.165) is 50.4 Å². The maximum Gasteiger partial charge on any atom is 0.213 e. The van der Waals surface area contributed by atoms with E-state index in [4.69, 9.17) is 19.4 Å². The molecule has 0 spiro atoms. The molecule has 248 valence electrons. The minimum atomic E-state index is 0.0268. The van der Waals surface area contributed by atoms with Gasteiger partial charge >= 0.3 is 0 Å². The summed E-state index contributed by atoms with van der Waals surface area (Å²) in [5, 5.41) is 10.9. The van der Waals surface area contributed by atoms with Crippen LogP contribution in [0, 0.1) is 0 Å². The molecular weight excluding hydrogens is 613 g/mol. The lowest BCUT2D eigenvalue weighted by atomic mass is 9.91. The van der Waals surface area contributed by atoms with Gasteiger partial charge in [0.15, 0.2) is 0 Å². The Kier molecular flexibility index (Phi) is 10.9. The molecule has 0 unspecified atom stereocenters. The minimum Gasteiger partial charge on any atom is -0.481 e. The van der Waals surface area contributed by atoms with Gasteiger partial charge in [-0.3, -0.25) is 0 Å². The van der Waals surface area contributed by atoms with Gasteiger partial charge in [0.05, 0.1) is 49.1 Å². The quantitative estimate of drug-likeness (QED) is 0.165. The molecule has 0 radical (unpaired) electrons. The van der Waals surface area contributed by atoms with Crippen LogP contribution in [0.1, 0.15) is 73.8 Å². The molecule has 8 nitrogen and oxygen atoms in total. The lowest BCUT2D eigenvalue weighted by Crippen LogP contribution is -2.33. The summed E-state index contributed by atoms with van der Waals surface area (Å²) in [6, 6.07) is 17.8. The second kappa shape index (κ2) is 14.7. The van der Waals surface area contributed by atoms with E-state index in [-0.39, 0.29) is 10.8 Å². The van der Waals surface area contributed by atoms with Gasteiger partial charge in [0, 0.05) is 45.8 Å². The molecule has 0 bridgehead atoms. The normalized spacial score (nSPS) is 17.1. The minimum absolute atomic E-state index is 0.0268. The SMILES string of the molecule is CNCC[C@@H](c1cccs1)N1CC(C)(C)c2nc(OC)ccc21.CNCC[C@H](c1cccs1)N1CC(C)(C)c2nc(OC)ccc21. The fraction of sp³-hybridized carbons (Fsp3) is 0.500. The van der Waals surface area contributed by atoms with Crippen molar-refractivity contribution in [1.29, 1.82) is 0 Å². The molecule has 0 saturated heterocycles. The van der Waals surface area contributed by atoms with E-state index >= 15 is 0 Å². The number of hydrogen-bond donors (Lipinski definition) is 2. The highest BCUT2D eigenvalue weighted by Crippen LogP contribution is 2.47. The number of thiophene rings is 2. The standard InChI is InChI=1S/2C18H25N3OS/c2*1-18(2)12-21(14-7-8-16(22-4)20-17(14)18)13(9-10-19-3)15-6-5-11-23-15/h2*5-8,11,13,19H,9-10,12H2,1-4H3/t2*13-/m10/s1. The van der Waals surface area contributed by atoms with E-state index in [1.54, 1.807) is 14.2 Å². The molecule has 0 fully saturated rings. The second-order valence-electron chi connectivity index (χ2n) is 13.3. The molecule has 0 aromatic carbocycles. The maximum absolute atomic E-state index is 5.33. The number of pyridine rings is 2. The average molecular weight is 663 g/mol. The molecule has 2 N–H and O–H groups in total. The number of hydrogen-bond acceptors (Lipinski definition) is 10. The van der Waals surface area contributed by atoms with Gasteiger partial charge < -0.3 is 29.9 Å². The largest absolute Gasteiger partial charge is 0.481 e. The van der Waals surface area contributed by atoms with Crippen LogP contribution in [-0.2, 0) is 10.8 Å². The number of fused-ring (bicyclic) bond motifs is 2. The Morgan fingerprint density at radius 3 is 1.43 bits per heavy atom. The molecule has 10 heteroatoms. The molecule has 0 amide bonds. The van der Waals surface area contributed by atoms with Crippen LogP contribution >= 0.6 is 22.7 Å². The number of nitrogens with one attached hydrogen (secondary N) is 2. The number of aromatic nitrogens is 2. The van der Waals surface area contributed by atoms with Crippen molar-refractivity contribution in [2.24, 2.45) is 0 Å². The van der Waals surface area contributed by atoms with E-state index in [9.17, 15) is 0 Å².